The average molecular weight is 328 g/mol. The highest BCUT2D eigenvalue weighted by Crippen LogP contribution is 2.26. The highest BCUT2D eigenvalue weighted by Gasteiger charge is 2.29. The molecule has 0 unspecified atom stereocenters. The fourth-order valence-corrected chi connectivity index (χ4v) is 3.07. The van der Waals surface area contributed by atoms with E-state index in [9.17, 15) is 9.59 Å². The van der Waals surface area contributed by atoms with Crippen molar-refractivity contribution >= 4 is 11.9 Å². The number of amides is 1. The number of aromatic nitrogens is 1. The predicted octanol–water partition coefficient (Wildman–Crippen LogP) is 3.05. The minimum Gasteiger partial charge on any atom is -0.467 e. The normalized spacial score (nSPS) is 14.5. The lowest BCUT2D eigenvalue weighted by molar-refractivity contribution is 0.0592. The smallest absolute Gasteiger partial charge is 0.356 e. The molecule has 6 heteroatoms. The van der Waals surface area contributed by atoms with Crippen molar-refractivity contribution < 1.29 is 18.7 Å². The standard InChI is InChI=1S/C18H20N2O4/c1-23-18(22)16-10-4-9-15(19-16)17(21)20(13-6-2-3-7-13)12-14-8-5-11-24-14/h4-5,8-11,13H,2-3,6-7,12H2,1H3. The van der Waals surface area contributed by atoms with Crippen molar-refractivity contribution in [2.24, 2.45) is 0 Å². The summed E-state index contributed by atoms with van der Waals surface area (Å²) in [5, 5.41) is 0. The molecule has 0 N–H and O–H groups in total. The van der Waals surface area contributed by atoms with Crippen LogP contribution in [0.15, 0.2) is 41.0 Å². The zero-order valence-corrected chi connectivity index (χ0v) is 13.6. The summed E-state index contributed by atoms with van der Waals surface area (Å²) >= 11 is 0. The Labute approximate surface area is 140 Å². The predicted molar refractivity (Wildman–Crippen MR) is 86.4 cm³/mol. The van der Waals surface area contributed by atoms with E-state index in [1.165, 1.54) is 13.2 Å². The first kappa shape index (κ1) is 16.2. The zero-order valence-electron chi connectivity index (χ0n) is 13.6. The Morgan fingerprint density at radius 2 is 1.96 bits per heavy atom. The van der Waals surface area contributed by atoms with E-state index in [2.05, 4.69) is 9.72 Å². The molecule has 2 aromatic rings. The molecule has 0 aromatic carbocycles. The van der Waals surface area contributed by atoms with Crippen molar-refractivity contribution in [3.05, 3.63) is 53.7 Å². The highest BCUT2D eigenvalue weighted by molar-refractivity contribution is 5.94. The molecule has 6 nitrogen and oxygen atoms in total. The third-order valence-electron chi connectivity index (χ3n) is 4.30. The van der Waals surface area contributed by atoms with Crippen LogP contribution in [-0.2, 0) is 11.3 Å². The van der Waals surface area contributed by atoms with Gasteiger partial charge in [0.25, 0.3) is 5.91 Å². The van der Waals surface area contributed by atoms with Crippen LogP contribution in [0.3, 0.4) is 0 Å². The number of furan rings is 1. The van der Waals surface area contributed by atoms with Crippen LogP contribution in [0.4, 0.5) is 0 Å². The molecule has 1 saturated carbocycles. The molecule has 0 aliphatic heterocycles. The van der Waals surface area contributed by atoms with Gasteiger partial charge in [-0.25, -0.2) is 9.78 Å². The van der Waals surface area contributed by atoms with Gasteiger partial charge in [0.2, 0.25) is 0 Å². The fourth-order valence-electron chi connectivity index (χ4n) is 3.07. The Hall–Kier alpha value is -2.63. The Kier molecular flexibility index (Phi) is 4.93. The SMILES string of the molecule is COC(=O)c1cccc(C(=O)N(Cc2ccco2)C2CCCC2)n1. The molecule has 3 rings (SSSR count). The summed E-state index contributed by atoms with van der Waals surface area (Å²) < 4.78 is 10.1. The van der Waals surface area contributed by atoms with Crippen LogP contribution in [0, 0.1) is 0 Å². The van der Waals surface area contributed by atoms with Crippen LogP contribution in [-0.4, -0.2) is 34.9 Å². The van der Waals surface area contributed by atoms with Gasteiger partial charge >= 0.3 is 5.97 Å². The summed E-state index contributed by atoms with van der Waals surface area (Å²) in [5.74, 6) is -0.00785. The molecule has 1 aliphatic carbocycles. The summed E-state index contributed by atoms with van der Waals surface area (Å²) in [6, 6.07) is 8.64. The molecule has 0 saturated heterocycles. The van der Waals surface area contributed by atoms with Gasteiger partial charge in [-0.1, -0.05) is 18.9 Å². The van der Waals surface area contributed by atoms with Crippen LogP contribution in [0.1, 0.15) is 52.4 Å². The summed E-state index contributed by atoms with van der Waals surface area (Å²) in [6.07, 6.45) is 5.78. The number of carbonyl (C=O) groups excluding carboxylic acids is 2. The van der Waals surface area contributed by atoms with E-state index in [0.29, 0.717) is 6.54 Å². The number of nitrogens with zero attached hydrogens (tertiary/aromatic N) is 2. The summed E-state index contributed by atoms with van der Waals surface area (Å²) in [6.45, 7) is 0.403. The van der Waals surface area contributed by atoms with Gasteiger partial charge in [0.15, 0.2) is 0 Å². The van der Waals surface area contributed by atoms with Crippen molar-refractivity contribution in [2.45, 2.75) is 38.3 Å². The zero-order chi connectivity index (χ0) is 16.9. The number of hydrogen-bond acceptors (Lipinski definition) is 5. The topological polar surface area (TPSA) is 72.6 Å². The first-order chi connectivity index (χ1) is 11.7. The Morgan fingerprint density at radius 3 is 2.62 bits per heavy atom. The molecular formula is C18H20N2O4. The molecule has 0 radical (unpaired) electrons. The fraction of sp³-hybridized carbons (Fsp3) is 0.389. The molecule has 1 fully saturated rings. The van der Waals surface area contributed by atoms with E-state index in [4.69, 9.17) is 4.42 Å². The molecule has 126 valence electrons. The van der Waals surface area contributed by atoms with Crippen molar-refractivity contribution in [2.75, 3.05) is 7.11 Å². The molecule has 1 aliphatic rings. The van der Waals surface area contributed by atoms with E-state index in [1.54, 1.807) is 23.3 Å². The van der Waals surface area contributed by atoms with Crippen molar-refractivity contribution in [1.29, 1.82) is 0 Å². The third kappa shape index (κ3) is 3.48. The second-order valence-corrected chi connectivity index (χ2v) is 5.85. The van der Waals surface area contributed by atoms with Gasteiger partial charge in [0, 0.05) is 6.04 Å². The molecule has 0 spiro atoms. The number of methoxy groups -OCH3 is 1. The quantitative estimate of drug-likeness (QED) is 0.789. The van der Waals surface area contributed by atoms with Crippen LogP contribution >= 0.6 is 0 Å². The van der Waals surface area contributed by atoms with E-state index < -0.39 is 5.97 Å². The van der Waals surface area contributed by atoms with Gasteiger partial charge in [-0.05, 0) is 37.1 Å². The third-order valence-corrected chi connectivity index (χ3v) is 4.30. The summed E-state index contributed by atoms with van der Waals surface area (Å²) in [4.78, 5) is 30.6. The first-order valence-corrected chi connectivity index (χ1v) is 8.08. The lowest BCUT2D eigenvalue weighted by Crippen LogP contribution is -2.38. The largest absolute Gasteiger partial charge is 0.467 e. The maximum Gasteiger partial charge on any atom is 0.356 e. The number of rotatable bonds is 5. The molecule has 24 heavy (non-hydrogen) atoms. The number of ether oxygens (including phenoxy) is 1. The lowest BCUT2D eigenvalue weighted by atomic mass is 10.1. The summed E-state index contributed by atoms with van der Waals surface area (Å²) in [5.41, 5.74) is 0.379. The molecule has 0 bridgehead atoms. The van der Waals surface area contributed by atoms with Gasteiger partial charge in [0.05, 0.1) is 19.9 Å². The van der Waals surface area contributed by atoms with E-state index in [-0.39, 0.29) is 23.3 Å². The van der Waals surface area contributed by atoms with Crippen LogP contribution in [0.2, 0.25) is 0 Å². The van der Waals surface area contributed by atoms with Gasteiger partial charge in [-0.3, -0.25) is 4.79 Å². The number of hydrogen-bond donors (Lipinski definition) is 0. The maximum absolute atomic E-state index is 13.0. The van der Waals surface area contributed by atoms with E-state index in [1.807, 2.05) is 12.1 Å². The second-order valence-electron chi connectivity index (χ2n) is 5.85. The Balaban J connectivity index is 1.86. The Bertz CT molecular complexity index is 706. The maximum atomic E-state index is 13.0. The average Bonchev–Trinajstić information content (AvgIpc) is 3.32. The number of carbonyl (C=O) groups is 2. The monoisotopic (exact) mass is 328 g/mol. The van der Waals surface area contributed by atoms with Gasteiger partial charge in [-0.15, -0.1) is 0 Å². The minimum absolute atomic E-state index is 0.132. The van der Waals surface area contributed by atoms with Crippen molar-refractivity contribution in [3.63, 3.8) is 0 Å². The van der Waals surface area contributed by atoms with Crippen LogP contribution in [0.5, 0.6) is 0 Å². The molecular weight excluding hydrogens is 308 g/mol. The Morgan fingerprint density at radius 1 is 1.21 bits per heavy atom. The lowest BCUT2D eigenvalue weighted by Gasteiger charge is -2.28. The van der Waals surface area contributed by atoms with Crippen molar-refractivity contribution in [3.8, 4) is 0 Å². The molecule has 1 amide bonds. The van der Waals surface area contributed by atoms with E-state index >= 15 is 0 Å². The number of pyridine rings is 1. The van der Waals surface area contributed by atoms with Crippen LogP contribution in [0.25, 0.3) is 0 Å². The minimum atomic E-state index is -0.553. The highest BCUT2D eigenvalue weighted by atomic mass is 16.5. The van der Waals surface area contributed by atoms with E-state index in [0.717, 1.165) is 31.4 Å². The van der Waals surface area contributed by atoms with Gasteiger partial charge in [0.1, 0.15) is 17.1 Å². The molecule has 0 atom stereocenters. The molecule has 2 heterocycles. The number of esters is 1. The van der Waals surface area contributed by atoms with Gasteiger partial charge in [-0.2, -0.15) is 0 Å². The second kappa shape index (κ2) is 7.29. The molecule has 2 aromatic heterocycles. The van der Waals surface area contributed by atoms with Crippen molar-refractivity contribution in [1.82, 2.24) is 9.88 Å². The van der Waals surface area contributed by atoms with Gasteiger partial charge < -0.3 is 14.1 Å². The summed E-state index contributed by atoms with van der Waals surface area (Å²) in [7, 11) is 1.29. The first-order valence-electron chi connectivity index (χ1n) is 8.08. The van der Waals surface area contributed by atoms with Crippen LogP contribution < -0.4 is 0 Å².